The van der Waals surface area contributed by atoms with Crippen LogP contribution in [0, 0.1) is 0 Å². The minimum absolute atomic E-state index is 0.0197. The summed E-state index contributed by atoms with van der Waals surface area (Å²) in [6.45, 7) is 2.55. The standard InChI is InChI=1S/C22H31N5O7S/c1-10(28)17(23)20(31)27-18(11(2)29)21(32)25-15(19(30)26-16(9-35)22(33)34)7-12-8-24-14-6-4-3-5-13(12)14/h3-6,8,10-11,15-18,24,28-29,35H,7,9,23H2,1-2H3,(H,25,32)(H,26,30)(H,27,31)(H,33,34). The summed E-state index contributed by atoms with van der Waals surface area (Å²) in [6, 6.07) is 1.88. The van der Waals surface area contributed by atoms with Gasteiger partial charge in [0.05, 0.1) is 12.2 Å². The predicted molar refractivity (Wildman–Crippen MR) is 131 cm³/mol. The minimum atomic E-state index is -1.49. The Morgan fingerprint density at radius 1 is 0.971 bits per heavy atom. The van der Waals surface area contributed by atoms with Gasteiger partial charge in [0.2, 0.25) is 17.7 Å². The normalized spacial score (nSPS) is 16.4. The van der Waals surface area contributed by atoms with Gasteiger partial charge in [0, 0.05) is 29.3 Å². The molecule has 3 amide bonds. The number of carboxylic acids is 1. The summed E-state index contributed by atoms with van der Waals surface area (Å²) in [6.07, 6.45) is -0.933. The molecule has 12 nitrogen and oxygen atoms in total. The Bertz CT molecular complexity index is 1060. The van der Waals surface area contributed by atoms with Crippen LogP contribution in [0.15, 0.2) is 30.5 Å². The van der Waals surface area contributed by atoms with E-state index >= 15 is 0 Å². The Hall–Kier alpha value is -3.13. The van der Waals surface area contributed by atoms with Crippen LogP contribution in [-0.4, -0.2) is 86.1 Å². The van der Waals surface area contributed by atoms with E-state index < -0.39 is 60.1 Å². The molecule has 0 saturated carbocycles. The molecule has 0 aliphatic heterocycles. The van der Waals surface area contributed by atoms with Crippen LogP contribution in [-0.2, 0) is 25.6 Å². The van der Waals surface area contributed by atoms with Gasteiger partial charge in [-0.1, -0.05) is 18.2 Å². The van der Waals surface area contributed by atoms with Crippen LogP contribution in [0.5, 0.6) is 0 Å². The van der Waals surface area contributed by atoms with Crippen LogP contribution < -0.4 is 21.7 Å². The number of para-hydroxylation sites is 1. The number of H-pyrrole nitrogens is 1. The molecule has 13 heteroatoms. The van der Waals surface area contributed by atoms with Crippen molar-refractivity contribution in [2.45, 2.75) is 56.6 Å². The molecule has 2 aromatic rings. The molecule has 1 heterocycles. The highest BCUT2D eigenvalue weighted by atomic mass is 32.1. The topological polar surface area (TPSA) is 207 Å². The first kappa shape index (κ1) is 28.1. The number of carboxylic acid groups (broad SMARTS) is 1. The summed E-state index contributed by atoms with van der Waals surface area (Å²) in [7, 11) is 0. The number of carbonyl (C=O) groups is 4. The van der Waals surface area contributed by atoms with E-state index in [1.807, 2.05) is 18.2 Å². The third-order valence-electron chi connectivity index (χ3n) is 5.41. The van der Waals surface area contributed by atoms with Crippen LogP contribution in [0.2, 0.25) is 0 Å². The molecule has 0 bridgehead atoms. The van der Waals surface area contributed by atoms with Crippen LogP contribution >= 0.6 is 12.6 Å². The van der Waals surface area contributed by atoms with E-state index in [9.17, 15) is 34.5 Å². The maximum Gasteiger partial charge on any atom is 0.327 e. The van der Waals surface area contributed by atoms with Gasteiger partial charge in [-0.2, -0.15) is 12.6 Å². The highest BCUT2D eigenvalue weighted by molar-refractivity contribution is 7.80. The van der Waals surface area contributed by atoms with Crippen molar-refractivity contribution < 1.29 is 34.5 Å². The lowest BCUT2D eigenvalue weighted by molar-refractivity contribution is -0.141. The van der Waals surface area contributed by atoms with Crippen LogP contribution in [0.4, 0.5) is 0 Å². The molecular weight excluding hydrogens is 478 g/mol. The van der Waals surface area contributed by atoms with Gasteiger partial charge in [0.15, 0.2) is 0 Å². The Balaban J connectivity index is 2.30. The second kappa shape index (κ2) is 12.5. The Morgan fingerprint density at radius 3 is 2.17 bits per heavy atom. The smallest absolute Gasteiger partial charge is 0.327 e. The van der Waals surface area contributed by atoms with Crippen LogP contribution in [0.25, 0.3) is 10.9 Å². The third kappa shape index (κ3) is 7.42. The number of thiol groups is 1. The van der Waals surface area contributed by atoms with Crippen molar-refractivity contribution in [1.82, 2.24) is 20.9 Å². The number of carbonyl (C=O) groups excluding carboxylic acids is 3. The Morgan fingerprint density at radius 2 is 1.60 bits per heavy atom. The van der Waals surface area contributed by atoms with Crippen molar-refractivity contribution in [3.05, 3.63) is 36.0 Å². The van der Waals surface area contributed by atoms with Gasteiger partial charge in [-0.05, 0) is 25.5 Å². The number of aromatic nitrogens is 1. The molecule has 1 aromatic carbocycles. The lowest BCUT2D eigenvalue weighted by Gasteiger charge is -2.26. The fourth-order valence-corrected chi connectivity index (χ4v) is 3.57. The second-order valence-electron chi connectivity index (χ2n) is 8.20. The number of nitrogens with one attached hydrogen (secondary N) is 4. The molecule has 9 N–H and O–H groups in total. The van der Waals surface area contributed by atoms with E-state index in [1.54, 1.807) is 12.3 Å². The van der Waals surface area contributed by atoms with Gasteiger partial charge in [0.25, 0.3) is 0 Å². The maximum atomic E-state index is 13.0. The number of fused-ring (bicyclic) bond motifs is 1. The molecule has 6 atom stereocenters. The van der Waals surface area contributed by atoms with Gasteiger partial charge in [-0.25, -0.2) is 4.79 Å². The third-order valence-corrected chi connectivity index (χ3v) is 5.78. The number of aliphatic hydroxyl groups excluding tert-OH is 2. The van der Waals surface area contributed by atoms with Crippen molar-refractivity contribution in [1.29, 1.82) is 0 Å². The average molecular weight is 510 g/mol. The predicted octanol–water partition coefficient (Wildman–Crippen LogP) is -1.73. The summed E-state index contributed by atoms with van der Waals surface area (Å²) in [5, 5.41) is 36.8. The van der Waals surface area contributed by atoms with Crippen LogP contribution in [0.1, 0.15) is 19.4 Å². The zero-order valence-corrected chi connectivity index (χ0v) is 20.2. The molecule has 0 spiro atoms. The SMILES string of the molecule is CC(O)C(N)C(=O)NC(C(=O)NC(Cc1c[nH]c2ccccc12)C(=O)NC(CS)C(=O)O)C(C)O. The number of rotatable bonds is 12. The van der Waals surface area contributed by atoms with Crippen molar-refractivity contribution in [3.8, 4) is 0 Å². The monoisotopic (exact) mass is 509 g/mol. The number of aliphatic hydroxyl groups is 2. The first-order chi connectivity index (χ1) is 16.5. The molecule has 2 rings (SSSR count). The fourth-order valence-electron chi connectivity index (χ4n) is 3.32. The molecule has 0 aliphatic rings. The van der Waals surface area contributed by atoms with Crippen LogP contribution in [0.3, 0.4) is 0 Å². The molecule has 35 heavy (non-hydrogen) atoms. The zero-order chi connectivity index (χ0) is 26.3. The van der Waals surface area contributed by atoms with E-state index in [2.05, 4.69) is 33.6 Å². The summed E-state index contributed by atoms with van der Waals surface area (Å²) >= 11 is 3.94. The Labute approximate surface area is 207 Å². The van der Waals surface area contributed by atoms with Gasteiger partial charge in [-0.15, -0.1) is 0 Å². The highest BCUT2D eigenvalue weighted by Crippen LogP contribution is 2.19. The number of hydrogen-bond acceptors (Lipinski definition) is 8. The van der Waals surface area contributed by atoms with E-state index in [0.717, 1.165) is 10.9 Å². The number of aromatic amines is 1. The second-order valence-corrected chi connectivity index (χ2v) is 8.57. The summed E-state index contributed by atoms with van der Waals surface area (Å²) in [4.78, 5) is 52.7. The van der Waals surface area contributed by atoms with Crippen molar-refractivity contribution >= 4 is 47.2 Å². The number of nitrogens with two attached hydrogens (primary N) is 1. The van der Waals surface area contributed by atoms with Gasteiger partial charge in [-0.3, -0.25) is 14.4 Å². The molecule has 0 aliphatic carbocycles. The molecule has 0 radical (unpaired) electrons. The largest absolute Gasteiger partial charge is 0.480 e. The minimum Gasteiger partial charge on any atom is -0.480 e. The van der Waals surface area contributed by atoms with E-state index in [0.29, 0.717) is 5.56 Å². The molecular formula is C22H31N5O7S. The lowest BCUT2D eigenvalue weighted by Crippen LogP contribution is -2.61. The summed E-state index contributed by atoms with van der Waals surface area (Å²) in [5.74, 6) is -4.05. The quantitative estimate of drug-likeness (QED) is 0.150. The zero-order valence-electron chi connectivity index (χ0n) is 19.3. The van der Waals surface area contributed by atoms with Crippen molar-refractivity contribution in [2.75, 3.05) is 5.75 Å². The summed E-state index contributed by atoms with van der Waals surface area (Å²) < 4.78 is 0. The molecule has 1 aromatic heterocycles. The Kier molecular flexibility index (Phi) is 10.1. The molecule has 6 unspecified atom stereocenters. The lowest BCUT2D eigenvalue weighted by atomic mass is 10.0. The fraction of sp³-hybridized carbons (Fsp3) is 0.455. The molecule has 0 saturated heterocycles. The number of hydrogen-bond donors (Lipinski definition) is 9. The van der Waals surface area contributed by atoms with Crippen molar-refractivity contribution in [2.24, 2.45) is 5.73 Å². The van der Waals surface area contributed by atoms with E-state index in [-0.39, 0.29) is 12.2 Å². The first-order valence-electron chi connectivity index (χ1n) is 10.9. The van der Waals surface area contributed by atoms with Gasteiger partial charge >= 0.3 is 5.97 Å². The summed E-state index contributed by atoms with van der Waals surface area (Å²) in [5.41, 5.74) is 7.07. The van der Waals surface area contributed by atoms with Gasteiger partial charge < -0.3 is 42.0 Å². The number of aliphatic carboxylic acids is 1. The van der Waals surface area contributed by atoms with Crippen molar-refractivity contribution in [3.63, 3.8) is 0 Å². The number of amides is 3. The highest BCUT2D eigenvalue weighted by Gasteiger charge is 2.33. The maximum absolute atomic E-state index is 13.0. The first-order valence-corrected chi connectivity index (χ1v) is 11.5. The number of benzene rings is 1. The van der Waals surface area contributed by atoms with E-state index in [1.165, 1.54) is 13.8 Å². The average Bonchev–Trinajstić information content (AvgIpc) is 3.21. The molecule has 192 valence electrons. The van der Waals surface area contributed by atoms with E-state index in [4.69, 9.17) is 5.73 Å². The van der Waals surface area contributed by atoms with Gasteiger partial charge in [0.1, 0.15) is 24.2 Å². The molecule has 0 fully saturated rings.